The molecule has 9 nitrogen and oxygen atoms in total. The molecule has 0 amide bonds. The molecule has 0 aliphatic carbocycles. The monoisotopic (exact) mass is 437 g/mol. The van der Waals surface area contributed by atoms with Crippen LogP contribution in [0.3, 0.4) is 0 Å². The van der Waals surface area contributed by atoms with E-state index < -0.39 is 45.0 Å². The fourth-order valence-corrected chi connectivity index (χ4v) is 3.68. The van der Waals surface area contributed by atoms with Gasteiger partial charge in [0.15, 0.2) is 0 Å². The van der Waals surface area contributed by atoms with Crippen LogP contribution in [0.25, 0.3) is 10.8 Å². The molecule has 0 spiro atoms. The summed E-state index contributed by atoms with van der Waals surface area (Å²) in [5, 5.41) is -0.430. The van der Waals surface area contributed by atoms with E-state index >= 15 is 0 Å². The van der Waals surface area contributed by atoms with E-state index in [0.29, 0.717) is 6.07 Å². The van der Waals surface area contributed by atoms with Gasteiger partial charge in [0.1, 0.15) is 4.90 Å². The maximum Gasteiger partial charge on any atom is 0.295 e. The fraction of sp³-hybridized carbons (Fsp3) is 0. The fourth-order valence-electron chi connectivity index (χ4n) is 1.81. The first-order chi connectivity index (χ1) is 9.80. The van der Waals surface area contributed by atoms with Gasteiger partial charge in [-0.2, -0.15) is 25.3 Å². The molecule has 2 aromatic rings. The summed E-state index contributed by atoms with van der Waals surface area (Å²) in [5.41, 5.74) is 0. The number of benzene rings is 2. The Kier molecular flexibility index (Phi) is 11.2. The van der Waals surface area contributed by atoms with Gasteiger partial charge in [-0.3, -0.25) is 13.7 Å². The largest absolute Gasteiger partial charge is 0.295 e. The van der Waals surface area contributed by atoms with Gasteiger partial charge >= 0.3 is 0 Å². The predicted octanol–water partition coefficient (Wildman–Crippen LogP) is -0.562. The Bertz CT molecular complexity index is 1090. The summed E-state index contributed by atoms with van der Waals surface area (Å²) >= 11 is 0. The van der Waals surface area contributed by atoms with Crippen molar-refractivity contribution in [1.82, 2.24) is 0 Å². The maximum atomic E-state index is 11.3. The van der Waals surface area contributed by atoms with Gasteiger partial charge in [-0.25, -0.2) is 0 Å². The van der Waals surface area contributed by atoms with Crippen molar-refractivity contribution in [3.8, 4) is 0 Å². The smallest absolute Gasteiger partial charge is 0.282 e. The molecule has 2 aromatic carbocycles. The van der Waals surface area contributed by atoms with E-state index in [2.05, 4.69) is 0 Å². The zero-order valence-electron chi connectivity index (χ0n) is 13.4. The molecule has 25 heavy (non-hydrogen) atoms. The quantitative estimate of drug-likeness (QED) is 0.422. The van der Waals surface area contributed by atoms with Crippen LogP contribution in [0.15, 0.2) is 45.0 Å². The Balaban J connectivity index is 0. The van der Waals surface area contributed by atoms with E-state index in [1.54, 1.807) is 0 Å². The summed E-state index contributed by atoms with van der Waals surface area (Å²) in [6.07, 6.45) is 0. The average molecular weight is 437 g/mol. The number of hydrogen-bond acceptors (Lipinski definition) is 6. The van der Waals surface area contributed by atoms with Gasteiger partial charge in [0.2, 0.25) is 0 Å². The predicted molar refractivity (Wildman–Crippen MR) is 90.7 cm³/mol. The molecule has 3 N–H and O–H groups in total. The normalized spacial score (nSPS) is 11.8. The van der Waals surface area contributed by atoms with E-state index in [1.165, 1.54) is 0 Å². The second-order valence-corrected chi connectivity index (χ2v) is 8.46. The molecule has 0 fully saturated rings. The summed E-state index contributed by atoms with van der Waals surface area (Å²) in [5.74, 6) is 0. The first kappa shape index (κ1) is 28.6. The SMILES string of the molecule is O=S(=O)(O)c1ccc2c(S(=O)(=O)O)cc(S(=O)(=O)O)cc2c1.[Na].[Na].[Na]. The molecule has 0 saturated heterocycles. The maximum absolute atomic E-state index is 11.3. The van der Waals surface area contributed by atoms with Crippen LogP contribution in [0.2, 0.25) is 0 Å². The number of fused-ring (bicyclic) bond motifs is 1. The second kappa shape index (κ2) is 9.76. The molecular formula is C10H8Na3O9S3. The van der Waals surface area contributed by atoms with Gasteiger partial charge < -0.3 is 0 Å². The molecule has 0 bridgehead atoms. The zero-order chi connectivity index (χ0) is 16.9. The van der Waals surface area contributed by atoms with Gasteiger partial charge in [-0.15, -0.1) is 0 Å². The molecule has 2 rings (SSSR count). The standard InChI is InChI=1S/C10H8O9S3.3Na/c11-20(12,13)7-1-2-9-6(3-7)4-8(21(14,15)16)5-10(9)22(17,18)19;;;/h1-5H,(H,11,12,13)(H,14,15,16)(H,17,18,19);;;. The Morgan fingerprint density at radius 2 is 1.04 bits per heavy atom. The minimum absolute atomic E-state index is 0. The second-order valence-electron chi connectivity index (χ2n) is 4.23. The summed E-state index contributed by atoms with van der Waals surface area (Å²) in [6.45, 7) is 0. The molecular weight excluding hydrogens is 429 g/mol. The first-order valence-corrected chi connectivity index (χ1v) is 9.62. The van der Waals surface area contributed by atoms with Gasteiger partial charge in [-0.1, -0.05) is 6.07 Å². The van der Waals surface area contributed by atoms with Gasteiger partial charge in [0.05, 0.1) is 9.79 Å². The molecule has 0 saturated carbocycles. The Hall–Kier alpha value is 1.43. The van der Waals surface area contributed by atoms with Crippen molar-refractivity contribution in [2.24, 2.45) is 0 Å². The van der Waals surface area contributed by atoms with E-state index in [4.69, 9.17) is 13.7 Å². The summed E-state index contributed by atoms with van der Waals surface area (Å²) in [7, 11) is -14.3. The molecule has 15 heteroatoms. The third-order valence-corrected chi connectivity index (χ3v) is 5.31. The molecule has 0 aliphatic heterocycles. The summed E-state index contributed by atoms with van der Waals surface area (Å²) in [6, 6.07) is 3.97. The molecule has 0 atom stereocenters. The van der Waals surface area contributed by atoms with Crippen molar-refractivity contribution in [1.29, 1.82) is 0 Å². The molecule has 0 aromatic heterocycles. The topological polar surface area (TPSA) is 163 Å². The van der Waals surface area contributed by atoms with Crippen molar-refractivity contribution in [3.05, 3.63) is 30.3 Å². The summed E-state index contributed by atoms with van der Waals surface area (Å²) in [4.78, 5) is -2.31. The summed E-state index contributed by atoms with van der Waals surface area (Å²) < 4.78 is 94.1. The van der Waals surface area contributed by atoms with Crippen molar-refractivity contribution in [3.63, 3.8) is 0 Å². The van der Waals surface area contributed by atoms with Crippen LogP contribution in [0.1, 0.15) is 0 Å². The minimum atomic E-state index is -4.85. The van der Waals surface area contributed by atoms with Crippen molar-refractivity contribution in [2.75, 3.05) is 0 Å². The van der Waals surface area contributed by atoms with Crippen LogP contribution in [0.4, 0.5) is 0 Å². The third-order valence-electron chi connectivity index (χ3n) is 2.73. The Morgan fingerprint density at radius 1 is 0.600 bits per heavy atom. The van der Waals surface area contributed by atoms with E-state index in [1.807, 2.05) is 0 Å². The molecule has 0 unspecified atom stereocenters. The molecule has 3 radical (unpaired) electrons. The van der Waals surface area contributed by atoms with Crippen molar-refractivity contribution < 1.29 is 38.9 Å². The first-order valence-electron chi connectivity index (χ1n) is 5.30. The number of hydrogen-bond donors (Lipinski definition) is 3. The molecule has 123 valence electrons. The van der Waals surface area contributed by atoms with Crippen molar-refractivity contribution >= 4 is 130 Å². The van der Waals surface area contributed by atoms with E-state index in [0.717, 1.165) is 24.3 Å². The van der Waals surface area contributed by atoms with Crippen molar-refractivity contribution in [2.45, 2.75) is 14.7 Å². The van der Waals surface area contributed by atoms with Crippen LogP contribution < -0.4 is 0 Å². The van der Waals surface area contributed by atoms with Crippen LogP contribution in [-0.4, -0.2) is 128 Å². The average Bonchev–Trinajstić information content (AvgIpc) is 2.33. The van der Waals surface area contributed by atoms with Gasteiger partial charge in [0, 0.05) is 94.1 Å². The minimum Gasteiger partial charge on any atom is -0.282 e. The van der Waals surface area contributed by atoms with Crippen LogP contribution in [-0.2, 0) is 30.4 Å². The zero-order valence-corrected chi connectivity index (χ0v) is 21.9. The van der Waals surface area contributed by atoms with Crippen LogP contribution >= 0.6 is 0 Å². The Morgan fingerprint density at radius 3 is 1.44 bits per heavy atom. The van der Waals surface area contributed by atoms with Crippen LogP contribution in [0.5, 0.6) is 0 Å². The van der Waals surface area contributed by atoms with Crippen LogP contribution in [0, 0.1) is 0 Å². The van der Waals surface area contributed by atoms with Gasteiger partial charge in [0.25, 0.3) is 30.4 Å². The molecule has 0 aliphatic rings. The van der Waals surface area contributed by atoms with E-state index in [-0.39, 0.29) is 99.4 Å². The Labute approximate surface area is 210 Å². The third kappa shape index (κ3) is 7.07. The van der Waals surface area contributed by atoms with Gasteiger partial charge in [-0.05, 0) is 29.7 Å². The number of rotatable bonds is 3. The van der Waals surface area contributed by atoms with E-state index in [9.17, 15) is 25.3 Å². The molecule has 0 heterocycles.